The molecule has 0 aromatic heterocycles. The quantitative estimate of drug-likeness (QED) is 0.329. The lowest BCUT2D eigenvalue weighted by molar-refractivity contribution is -0.149. The lowest BCUT2D eigenvalue weighted by atomic mass is 9.48. The Morgan fingerprint density at radius 2 is 2.00 bits per heavy atom. The SMILES string of the molecule is COC(=O)C=C1[C@]2(C=O)O[C@@H]2[C@H]2OC(=O)[C@@]3(C)CCC[C@@]1(C)[C@@H]23. The van der Waals surface area contributed by atoms with Crippen molar-refractivity contribution in [1.82, 2.24) is 0 Å². The fourth-order valence-electron chi connectivity index (χ4n) is 5.42. The summed E-state index contributed by atoms with van der Waals surface area (Å²) in [5, 5.41) is 0. The molecule has 0 aromatic rings. The molecule has 2 aliphatic heterocycles. The molecule has 6 nitrogen and oxygen atoms in total. The Bertz CT molecular complexity index is 653. The zero-order chi connectivity index (χ0) is 16.6. The number of aldehydes is 1. The number of ether oxygens (including phenoxy) is 3. The van der Waals surface area contributed by atoms with Gasteiger partial charge in [-0.05, 0) is 30.8 Å². The third-order valence-electron chi connectivity index (χ3n) is 6.46. The maximum atomic E-state index is 12.5. The molecule has 4 fully saturated rings. The van der Waals surface area contributed by atoms with Crippen LogP contribution < -0.4 is 0 Å². The maximum absolute atomic E-state index is 12.5. The molecule has 0 radical (unpaired) electrons. The van der Waals surface area contributed by atoms with Crippen molar-refractivity contribution in [3.05, 3.63) is 11.6 Å². The number of hydrogen-bond acceptors (Lipinski definition) is 6. The van der Waals surface area contributed by atoms with Gasteiger partial charge in [0.1, 0.15) is 12.2 Å². The van der Waals surface area contributed by atoms with E-state index in [9.17, 15) is 14.4 Å². The van der Waals surface area contributed by atoms with E-state index in [2.05, 4.69) is 0 Å². The van der Waals surface area contributed by atoms with Crippen molar-refractivity contribution in [3.8, 4) is 0 Å². The van der Waals surface area contributed by atoms with Gasteiger partial charge < -0.3 is 14.2 Å². The fourth-order valence-corrected chi connectivity index (χ4v) is 5.42. The molecular weight excluding hydrogens is 300 g/mol. The largest absolute Gasteiger partial charge is 0.466 e. The first-order valence-electron chi connectivity index (χ1n) is 7.99. The van der Waals surface area contributed by atoms with Gasteiger partial charge in [0, 0.05) is 12.0 Å². The first kappa shape index (κ1) is 14.9. The highest BCUT2D eigenvalue weighted by atomic mass is 16.7. The number of methoxy groups -OCH3 is 1. The van der Waals surface area contributed by atoms with Gasteiger partial charge in [-0.1, -0.05) is 13.3 Å². The summed E-state index contributed by atoms with van der Waals surface area (Å²) in [5.41, 5.74) is -1.59. The maximum Gasteiger partial charge on any atom is 0.330 e. The van der Waals surface area contributed by atoms with Gasteiger partial charge in [0.15, 0.2) is 11.9 Å². The van der Waals surface area contributed by atoms with Crippen LogP contribution in [0.3, 0.4) is 0 Å². The van der Waals surface area contributed by atoms with Gasteiger partial charge in [-0.2, -0.15) is 0 Å². The van der Waals surface area contributed by atoms with Gasteiger partial charge >= 0.3 is 11.9 Å². The van der Waals surface area contributed by atoms with Crippen LogP contribution in [-0.4, -0.2) is 43.1 Å². The molecular formula is C17H20O6. The second-order valence-electron chi connectivity index (χ2n) is 7.57. The molecule has 0 aromatic carbocycles. The Hall–Kier alpha value is -1.69. The number of fused-ring (bicyclic) bond motifs is 2. The van der Waals surface area contributed by atoms with Crippen molar-refractivity contribution >= 4 is 18.2 Å². The molecule has 4 aliphatic rings. The van der Waals surface area contributed by atoms with E-state index in [-0.39, 0.29) is 11.9 Å². The molecule has 2 aliphatic carbocycles. The molecule has 0 amide bonds. The van der Waals surface area contributed by atoms with Crippen molar-refractivity contribution in [1.29, 1.82) is 0 Å². The zero-order valence-corrected chi connectivity index (χ0v) is 13.5. The van der Waals surface area contributed by atoms with Gasteiger partial charge in [0.05, 0.1) is 12.5 Å². The van der Waals surface area contributed by atoms with Crippen LogP contribution in [0, 0.1) is 16.7 Å². The van der Waals surface area contributed by atoms with Gasteiger partial charge in [-0.15, -0.1) is 0 Å². The lowest BCUT2D eigenvalue weighted by Gasteiger charge is -2.51. The van der Waals surface area contributed by atoms with Crippen LogP contribution in [0.15, 0.2) is 11.6 Å². The molecule has 0 spiro atoms. The molecule has 124 valence electrons. The molecule has 2 heterocycles. The van der Waals surface area contributed by atoms with E-state index < -0.39 is 34.6 Å². The Morgan fingerprint density at radius 1 is 1.30 bits per heavy atom. The summed E-state index contributed by atoms with van der Waals surface area (Å²) in [6.07, 6.45) is 3.61. The van der Waals surface area contributed by atoms with E-state index in [1.807, 2.05) is 13.8 Å². The zero-order valence-electron chi connectivity index (χ0n) is 13.5. The first-order valence-corrected chi connectivity index (χ1v) is 7.99. The highest BCUT2D eigenvalue weighted by Crippen LogP contribution is 2.70. The highest BCUT2D eigenvalue weighted by Gasteiger charge is 2.79. The lowest BCUT2D eigenvalue weighted by Crippen LogP contribution is -2.55. The molecule has 0 bridgehead atoms. The second-order valence-corrected chi connectivity index (χ2v) is 7.57. The predicted octanol–water partition coefficient (Wildman–Crippen LogP) is 1.17. The first-order chi connectivity index (χ1) is 10.8. The van der Waals surface area contributed by atoms with E-state index in [4.69, 9.17) is 14.2 Å². The molecule has 6 heteroatoms. The third kappa shape index (κ3) is 1.55. The second kappa shape index (κ2) is 4.23. The van der Waals surface area contributed by atoms with Gasteiger partial charge in [0.25, 0.3) is 0 Å². The smallest absolute Gasteiger partial charge is 0.330 e. The summed E-state index contributed by atoms with van der Waals surface area (Å²) < 4.78 is 16.1. The van der Waals surface area contributed by atoms with Crippen molar-refractivity contribution < 1.29 is 28.6 Å². The topological polar surface area (TPSA) is 82.2 Å². The number of epoxide rings is 1. The van der Waals surface area contributed by atoms with Crippen LogP contribution in [-0.2, 0) is 28.6 Å². The van der Waals surface area contributed by atoms with Gasteiger partial charge in [-0.25, -0.2) is 4.79 Å². The summed E-state index contributed by atoms with van der Waals surface area (Å²) in [7, 11) is 1.30. The van der Waals surface area contributed by atoms with E-state index in [0.29, 0.717) is 5.57 Å². The number of carbonyl (C=O) groups is 3. The number of esters is 2. The summed E-state index contributed by atoms with van der Waals surface area (Å²) in [6.45, 7) is 3.95. The molecule has 2 saturated carbocycles. The molecule has 0 unspecified atom stereocenters. The Kier molecular flexibility index (Phi) is 2.74. The van der Waals surface area contributed by atoms with Crippen molar-refractivity contribution in [2.45, 2.75) is 50.9 Å². The van der Waals surface area contributed by atoms with Crippen molar-refractivity contribution in [2.24, 2.45) is 16.7 Å². The average Bonchev–Trinajstić information content (AvgIpc) is 3.19. The third-order valence-corrected chi connectivity index (χ3v) is 6.46. The minimum Gasteiger partial charge on any atom is -0.466 e. The van der Waals surface area contributed by atoms with Gasteiger partial charge in [0.2, 0.25) is 0 Å². The number of carbonyl (C=O) groups excluding carboxylic acids is 3. The van der Waals surface area contributed by atoms with Crippen molar-refractivity contribution in [3.63, 3.8) is 0 Å². The molecule has 6 atom stereocenters. The van der Waals surface area contributed by atoms with Gasteiger partial charge in [-0.3, -0.25) is 9.59 Å². The van der Waals surface area contributed by atoms with Crippen LogP contribution in [0.1, 0.15) is 33.1 Å². The van der Waals surface area contributed by atoms with Crippen LogP contribution in [0.25, 0.3) is 0 Å². The van der Waals surface area contributed by atoms with Crippen molar-refractivity contribution in [2.75, 3.05) is 7.11 Å². The normalized spacial score (nSPS) is 51.5. The average molecular weight is 320 g/mol. The van der Waals surface area contributed by atoms with E-state index >= 15 is 0 Å². The summed E-state index contributed by atoms with van der Waals surface area (Å²) in [6, 6.07) is 0. The monoisotopic (exact) mass is 320 g/mol. The van der Waals surface area contributed by atoms with Crippen LogP contribution in [0.5, 0.6) is 0 Å². The number of rotatable bonds is 2. The summed E-state index contributed by atoms with van der Waals surface area (Å²) >= 11 is 0. The van der Waals surface area contributed by atoms with E-state index in [1.165, 1.54) is 13.2 Å². The minimum absolute atomic E-state index is 0.0901. The Morgan fingerprint density at radius 3 is 2.65 bits per heavy atom. The fraction of sp³-hybridized carbons (Fsp3) is 0.706. The predicted molar refractivity (Wildman–Crippen MR) is 77.2 cm³/mol. The summed E-state index contributed by atoms with van der Waals surface area (Å²) in [4.78, 5) is 36.2. The number of hydrogen-bond donors (Lipinski definition) is 0. The molecule has 23 heavy (non-hydrogen) atoms. The van der Waals surface area contributed by atoms with E-state index in [0.717, 1.165) is 25.5 Å². The van der Waals surface area contributed by atoms with E-state index in [1.54, 1.807) is 0 Å². The highest BCUT2D eigenvalue weighted by molar-refractivity contribution is 5.89. The standard InChI is InChI=1S/C17H20O6/c1-15-5-4-6-16(2)12(15)11(22-14(16)20)13-17(8-18,23-13)9(15)7-10(19)21-3/h7-8,11-13H,4-6H2,1-3H3/t11-,12+,13+,15+,16-,17-/m0/s1. The van der Waals surface area contributed by atoms with Crippen LogP contribution >= 0.6 is 0 Å². The molecule has 2 saturated heterocycles. The van der Waals surface area contributed by atoms with Crippen LogP contribution in [0.2, 0.25) is 0 Å². The minimum atomic E-state index is -1.15. The molecule has 0 N–H and O–H groups in total. The Balaban J connectivity index is 1.91. The Labute approximate surface area is 134 Å². The summed E-state index contributed by atoms with van der Waals surface area (Å²) in [5.74, 6) is -0.812. The van der Waals surface area contributed by atoms with Crippen LogP contribution in [0.4, 0.5) is 0 Å². The molecule has 4 rings (SSSR count).